The Kier molecular flexibility index (Phi) is 5.16. The van der Waals surface area contributed by atoms with Gasteiger partial charge in [-0.2, -0.15) is 10.5 Å². The third-order valence-electron chi connectivity index (χ3n) is 4.17. The van der Waals surface area contributed by atoms with Crippen LogP contribution in [0.1, 0.15) is 21.5 Å². The zero-order valence-electron chi connectivity index (χ0n) is 14.2. The Morgan fingerprint density at radius 3 is 2.41 bits per heavy atom. The molecule has 1 heterocycles. The minimum absolute atomic E-state index is 0.0607. The van der Waals surface area contributed by atoms with Gasteiger partial charge in [-0.25, -0.2) is 4.39 Å². The number of carbonyl (C=O) groups excluding carboxylic acids is 1. The molecule has 0 radical (unpaired) electrons. The largest absolute Gasteiger partial charge is 0.507 e. The molecule has 0 saturated heterocycles. The van der Waals surface area contributed by atoms with Crippen LogP contribution in [0.4, 0.5) is 4.39 Å². The van der Waals surface area contributed by atoms with Crippen molar-refractivity contribution in [3.05, 3.63) is 64.7 Å². The first-order chi connectivity index (χ1) is 13.0. The molecule has 2 aromatic rings. The first kappa shape index (κ1) is 18.1. The van der Waals surface area contributed by atoms with E-state index in [1.54, 1.807) is 0 Å². The van der Waals surface area contributed by atoms with E-state index in [1.165, 1.54) is 42.5 Å². The summed E-state index contributed by atoms with van der Waals surface area (Å²) in [5, 5.41) is 28.0. The van der Waals surface area contributed by atoms with E-state index < -0.39 is 0 Å². The summed E-state index contributed by atoms with van der Waals surface area (Å²) < 4.78 is 18.7. The molecule has 7 heteroatoms. The third-order valence-corrected chi connectivity index (χ3v) is 4.17. The van der Waals surface area contributed by atoms with Crippen molar-refractivity contribution in [1.29, 1.82) is 10.5 Å². The Morgan fingerprint density at radius 2 is 1.78 bits per heavy atom. The average Bonchev–Trinajstić information content (AvgIpc) is 2.96. The van der Waals surface area contributed by atoms with Crippen LogP contribution in [-0.4, -0.2) is 24.0 Å². The van der Waals surface area contributed by atoms with E-state index in [0.717, 1.165) is 0 Å². The van der Waals surface area contributed by atoms with Crippen LogP contribution in [0.25, 0.3) is 6.08 Å². The fourth-order valence-corrected chi connectivity index (χ4v) is 2.84. The molecule has 0 aliphatic carbocycles. The Bertz CT molecular complexity index is 985. The number of hydrogen-bond acceptors (Lipinski definition) is 5. The van der Waals surface area contributed by atoms with Crippen LogP contribution in [0.3, 0.4) is 0 Å². The fourth-order valence-electron chi connectivity index (χ4n) is 2.84. The monoisotopic (exact) mass is 364 g/mol. The molecule has 0 spiro atoms. The molecule has 27 heavy (non-hydrogen) atoms. The van der Waals surface area contributed by atoms with Gasteiger partial charge in [0.25, 0.3) is 0 Å². The number of fused-ring (bicyclic) bond motifs is 1. The number of halogens is 1. The highest BCUT2D eigenvalue weighted by Crippen LogP contribution is 2.39. The van der Waals surface area contributed by atoms with Gasteiger partial charge in [0, 0.05) is 0 Å². The smallest absolute Gasteiger partial charge is 0.231 e. The normalized spacial score (nSPS) is 13.9. The van der Waals surface area contributed by atoms with Crippen molar-refractivity contribution >= 4 is 11.9 Å². The van der Waals surface area contributed by atoms with E-state index in [1.807, 2.05) is 12.1 Å². The van der Waals surface area contributed by atoms with Crippen LogP contribution in [-0.2, 0) is 6.54 Å². The van der Waals surface area contributed by atoms with Crippen LogP contribution in [0.2, 0.25) is 0 Å². The topological polar surface area (TPSA) is 98.6 Å². The summed E-state index contributed by atoms with van der Waals surface area (Å²) >= 11 is 0. The van der Waals surface area contributed by atoms with Crippen molar-refractivity contribution in [1.82, 2.24) is 0 Å². The Balaban J connectivity index is 1.95. The second-order valence-electron chi connectivity index (χ2n) is 6.03. The van der Waals surface area contributed by atoms with Gasteiger partial charge < -0.3 is 14.7 Å². The number of aromatic hydroxyl groups is 1. The summed E-state index contributed by atoms with van der Waals surface area (Å²) in [5.41, 5.74) is 1.26. The maximum absolute atomic E-state index is 13.0. The van der Waals surface area contributed by atoms with Gasteiger partial charge in [0.15, 0.2) is 24.6 Å². The first-order valence-corrected chi connectivity index (χ1v) is 8.15. The van der Waals surface area contributed by atoms with Gasteiger partial charge in [-0.1, -0.05) is 12.1 Å². The average molecular weight is 364 g/mol. The molecule has 0 amide bonds. The molecule has 0 aromatic heterocycles. The number of Topliss-reactive ketones (excluding diaryl/α,β-unsaturated/α-hetero) is 1. The minimum atomic E-state index is -0.385. The van der Waals surface area contributed by atoms with Crippen LogP contribution >= 0.6 is 0 Å². The number of phenols is 1. The van der Waals surface area contributed by atoms with Crippen molar-refractivity contribution in [2.75, 3.05) is 13.1 Å². The van der Waals surface area contributed by atoms with Gasteiger partial charge in [-0.3, -0.25) is 4.79 Å². The predicted molar refractivity (Wildman–Crippen MR) is 93.1 cm³/mol. The lowest BCUT2D eigenvalue weighted by atomic mass is 10.0. The summed E-state index contributed by atoms with van der Waals surface area (Å²) in [4.78, 5) is 13.2. The molecule has 0 saturated carbocycles. The molecule has 2 N–H and O–H groups in total. The summed E-state index contributed by atoms with van der Waals surface area (Å²) in [5.74, 6) is -0.521. The van der Waals surface area contributed by atoms with Crippen LogP contribution in [0.5, 0.6) is 11.5 Å². The number of allylic oxidation sites excluding steroid dienone is 1. The quantitative estimate of drug-likeness (QED) is 0.620. The lowest BCUT2D eigenvalue weighted by Gasteiger charge is -2.15. The van der Waals surface area contributed by atoms with E-state index >= 15 is 0 Å². The van der Waals surface area contributed by atoms with Gasteiger partial charge in [0.2, 0.25) is 5.78 Å². The standard InChI is InChI=1S/C20H14FN3O3/c21-14-3-1-13(2-4-14)11-18-19(26)15-5-6-17(25)16(20(15)27-18)12-24(9-7-22)10-8-23/h1-6,11,25H,9-10,12H2/p+1/b18-11-. The van der Waals surface area contributed by atoms with Crippen molar-refractivity contribution in [2.24, 2.45) is 0 Å². The first-order valence-electron chi connectivity index (χ1n) is 8.15. The molecule has 1 aliphatic heterocycles. The number of rotatable bonds is 5. The number of hydrogen-bond donors (Lipinski definition) is 2. The number of benzene rings is 2. The molecule has 3 rings (SSSR count). The number of quaternary nitrogens is 1. The fraction of sp³-hybridized carbons (Fsp3) is 0.150. The van der Waals surface area contributed by atoms with Gasteiger partial charge in [-0.15, -0.1) is 0 Å². The second kappa shape index (κ2) is 7.69. The Morgan fingerprint density at radius 1 is 1.11 bits per heavy atom. The summed E-state index contributed by atoms with van der Waals surface area (Å²) in [6.07, 6.45) is 1.50. The molecule has 0 bridgehead atoms. The summed E-state index contributed by atoms with van der Waals surface area (Å²) in [7, 11) is 0. The highest BCUT2D eigenvalue weighted by molar-refractivity contribution is 6.14. The molecule has 0 atom stereocenters. The van der Waals surface area contributed by atoms with E-state index in [-0.39, 0.29) is 48.5 Å². The number of nitriles is 2. The highest BCUT2D eigenvalue weighted by Gasteiger charge is 2.32. The number of ketones is 1. The predicted octanol–water partition coefficient (Wildman–Crippen LogP) is 1.58. The number of ether oxygens (including phenoxy) is 1. The Labute approximate surface area is 154 Å². The van der Waals surface area contributed by atoms with E-state index in [9.17, 15) is 14.3 Å². The molecule has 134 valence electrons. The maximum atomic E-state index is 13.0. The molecular formula is C20H15FN3O3+. The van der Waals surface area contributed by atoms with Crippen molar-refractivity contribution in [3.8, 4) is 23.6 Å². The summed E-state index contributed by atoms with van der Waals surface area (Å²) in [6, 6.07) is 12.5. The molecule has 0 unspecified atom stereocenters. The van der Waals surface area contributed by atoms with Crippen LogP contribution in [0.15, 0.2) is 42.2 Å². The van der Waals surface area contributed by atoms with E-state index in [2.05, 4.69) is 0 Å². The summed E-state index contributed by atoms with van der Waals surface area (Å²) in [6.45, 7) is 0.305. The number of nitrogens with one attached hydrogen (secondary N) is 1. The molecule has 0 fully saturated rings. The van der Waals surface area contributed by atoms with Gasteiger partial charge in [-0.05, 0) is 35.9 Å². The second-order valence-corrected chi connectivity index (χ2v) is 6.03. The zero-order valence-corrected chi connectivity index (χ0v) is 14.2. The maximum Gasteiger partial charge on any atom is 0.231 e. The lowest BCUT2D eigenvalue weighted by molar-refractivity contribution is -0.899. The molecular weight excluding hydrogens is 349 g/mol. The number of phenolic OH excluding ortho intramolecular Hbond substituents is 1. The molecule has 1 aliphatic rings. The van der Waals surface area contributed by atoms with Gasteiger partial charge >= 0.3 is 0 Å². The van der Waals surface area contributed by atoms with Crippen molar-refractivity contribution < 1.29 is 23.9 Å². The van der Waals surface area contributed by atoms with Crippen molar-refractivity contribution in [3.63, 3.8) is 0 Å². The van der Waals surface area contributed by atoms with E-state index in [4.69, 9.17) is 15.3 Å². The van der Waals surface area contributed by atoms with E-state index in [0.29, 0.717) is 21.6 Å². The van der Waals surface area contributed by atoms with Gasteiger partial charge in [0.1, 0.15) is 30.2 Å². The number of carbonyl (C=O) groups is 1. The minimum Gasteiger partial charge on any atom is -0.507 e. The van der Waals surface area contributed by atoms with Crippen molar-refractivity contribution in [2.45, 2.75) is 6.54 Å². The third kappa shape index (κ3) is 3.79. The Hall–Kier alpha value is -3.68. The highest BCUT2D eigenvalue weighted by atomic mass is 19.1. The van der Waals surface area contributed by atoms with Crippen LogP contribution < -0.4 is 9.64 Å². The lowest BCUT2D eigenvalue weighted by Crippen LogP contribution is -3.10. The molecule has 2 aromatic carbocycles. The zero-order chi connectivity index (χ0) is 19.4. The molecule has 6 nitrogen and oxygen atoms in total. The van der Waals surface area contributed by atoms with Gasteiger partial charge in [0.05, 0.1) is 11.1 Å². The van der Waals surface area contributed by atoms with Crippen LogP contribution in [0, 0.1) is 28.5 Å². The SMILES string of the molecule is N#CC[NH+](CC#N)Cc1c(O)ccc2c1O/C(=C\c1ccc(F)cc1)C2=O. The number of nitrogens with zero attached hydrogens (tertiary/aromatic N) is 2.